The van der Waals surface area contributed by atoms with E-state index in [4.69, 9.17) is 9.98 Å². The van der Waals surface area contributed by atoms with E-state index in [1.54, 1.807) is 5.56 Å². The fraction of sp³-hybridized carbons (Fsp3) is 0.625. The molecule has 2 bridgehead atoms. The maximum absolute atomic E-state index is 4.92. The first kappa shape index (κ1) is 25.6. The van der Waals surface area contributed by atoms with Gasteiger partial charge in [-0.3, -0.25) is 9.98 Å². The minimum absolute atomic E-state index is 0.345. The van der Waals surface area contributed by atoms with Crippen LogP contribution in [0.15, 0.2) is 52.2 Å². The Morgan fingerprint density at radius 2 is 1.39 bits per heavy atom. The zero-order valence-corrected chi connectivity index (χ0v) is 23.0. The summed E-state index contributed by atoms with van der Waals surface area (Å²) in [6, 6.07) is 10.3. The minimum Gasteiger partial charge on any atom is -0.309 e. The Kier molecular flexibility index (Phi) is 7.65. The van der Waals surface area contributed by atoms with Gasteiger partial charge in [-0.2, -0.15) is 0 Å². The Morgan fingerprint density at radius 3 is 1.94 bits per heavy atom. The lowest BCUT2D eigenvalue weighted by Crippen LogP contribution is -2.44. The minimum atomic E-state index is 0.345. The van der Waals surface area contributed by atoms with Crippen LogP contribution >= 0.6 is 0 Å². The van der Waals surface area contributed by atoms with E-state index in [2.05, 4.69) is 75.0 Å². The van der Waals surface area contributed by atoms with Gasteiger partial charge in [-0.15, -0.1) is 0 Å². The molecule has 0 spiro atoms. The summed E-state index contributed by atoms with van der Waals surface area (Å²) in [6.07, 6.45) is 17.0. The first-order valence-electron chi connectivity index (χ1n) is 14.4. The number of allylic oxidation sites excluding steroid dienone is 2. The van der Waals surface area contributed by atoms with Crippen LogP contribution in [-0.4, -0.2) is 36.6 Å². The highest BCUT2D eigenvalue weighted by Crippen LogP contribution is 2.60. The monoisotopic (exact) mass is 486 g/mol. The average molecular weight is 487 g/mol. The average Bonchev–Trinajstić information content (AvgIpc) is 3.66. The summed E-state index contributed by atoms with van der Waals surface area (Å²) in [4.78, 5) is 9.75. The van der Waals surface area contributed by atoms with Crippen LogP contribution in [-0.2, 0) is 5.41 Å². The highest BCUT2D eigenvalue weighted by Gasteiger charge is 2.50. The molecular weight excluding hydrogens is 440 g/mol. The van der Waals surface area contributed by atoms with Crippen molar-refractivity contribution in [3.05, 3.63) is 53.4 Å². The van der Waals surface area contributed by atoms with Gasteiger partial charge in [0.2, 0.25) is 0 Å². The van der Waals surface area contributed by atoms with E-state index in [-0.39, 0.29) is 0 Å². The Morgan fingerprint density at radius 1 is 0.806 bits per heavy atom. The molecule has 2 atom stereocenters. The van der Waals surface area contributed by atoms with Crippen molar-refractivity contribution in [1.82, 2.24) is 10.6 Å². The highest BCUT2D eigenvalue weighted by atomic mass is 15.0. The number of benzene rings is 1. The number of hydrogen-bond acceptors (Lipinski definition) is 4. The van der Waals surface area contributed by atoms with Crippen LogP contribution in [0.4, 0.5) is 0 Å². The van der Waals surface area contributed by atoms with Gasteiger partial charge in [0, 0.05) is 35.9 Å². The van der Waals surface area contributed by atoms with Crippen LogP contribution in [0.3, 0.4) is 0 Å². The molecule has 194 valence electrons. The summed E-state index contributed by atoms with van der Waals surface area (Å²) in [7, 11) is 0. The van der Waals surface area contributed by atoms with Crippen LogP contribution in [0.5, 0.6) is 0 Å². The maximum Gasteiger partial charge on any atom is 0.0452 e. The summed E-state index contributed by atoms with van der Waals surface area (Å²) >= 11 is 0. The van der Waals surface area contributed by atoms with Gasteiger partial charge in [-0.25, -0.2) is 0 Å². The molecule has 4 nitrogen and oxygen atoms in total. The lowest BCUT2D eigenvalue weighted by Gasteiger charge is -2.54. The van der Waals surface area contributed by atoms with Crippen molar-refractivity contribution in [3.8, 4) is 0 Å². The van der Waals surface area contributed by atoms with Gasteiger partial charge in [0.05, 0.1) is 0 Å². The molecule has 0 unspecified atom stereocenters. The van der Waals surface area contributed by atoms with Crippen molar-refractivity contribution >= 4 is 17.0 Å². The molecular formula is C32H46N4. The van der Waals surface area contributed by atoms with E-state index >= 15 is 0 Å². The van der Waals surface area contributed by atoms with Crippen molar-refractivity contribution in [1.29, 1.82) is 0 Å². The van der Waals surface area contributed by atoms with E-state index in [1.165, 1.54) is 92.3 Å². The Hall–Kier alpha value is -2.04. The summed E-state index contributed by atoms with van der Waals surface area (Å²) in [5, 5.41) is 7.13. The van der Waals surface area contributed by atoms with Gasteiger partial charge in [-0.1, -0.05) is 24.3 Å². The zero-order valence-electron chi connectivity index (χ0n) is 23.0. The molecule has 2 saturated heterocycles. The largest absolute Gasteiger partial charge is 0.309 e. The SMILES string of the molecule is CC(=N/C=C(\C)c1cccc(C23CCC(/C(C)=C/N=C(C)[C@@H]4CCCN4)(CC2)CC3)c1)[C@@H]1CCCN1. The van der Waals surface area contributed by atoms with Crippen LogP contribution in [0.1, 0.15) is 103 Å². The Bertz CT molecular complexity index is 1040. The van der Waals surface area contributed by atoms with Crippen molar-refractivity contribution in [2.24, 2.45) is 15.4 Å². The first-order chi connectivity index (χ1) is 17.4. The summed E-state index contributed by atoms with van der Waals surface area (Å²) in [5.41, 5.74) is 8.80. The third-order valence-electron chi connectivity index (χ3n) is 10.1. The number of nitrogens with zero attached hydrogens (tertiary/aromatic N) is 2. The molecule has 0 aromatic heterocycles. The van der Waals surface area contributed by atoms with Gasteiger partial charge in [0.15, 0.2) is 0 Å². The molecule has 0 radical (unpaired) electrons. The number of aliphatic imine (C=N–C) groups is 2. The number of rotatable bonds is 7. The number of fused-ring (bicyclic) bond motifs is 3. The molecule has 4 heteroatoms. The second-order valence-electron chi connectivity index (χ2n) is 12.1. The Balaban J connectivity index is 1.27. The van der Waals surface area contributed by atoms with Gasteiger partial charge in [-0.05, 0) is 138 Å². The van der Waals surface area contributed by atoms with Crippen LogP contribution in [0.2, 0.25) is 0 Å². The predicted molar refractivity (Wildman–Crippen MR) is 154 cm³/mol. The standard InChI is InChI=1S/C32H46N4/c1-23(21-35-25(3)29-10-6-18-33-29)27-8-5-9-28(20-27)32-15-12-31(13-16-32,14-17-32)24(2)22-36-26(4)30-11-7-19-34-30/h5,8-9,20-22,29-30,33-34H,6-7,10-19H2,1-4H3/b23-21+,24-22+,35-25?,36-26?/t29-,30-,31?,32?/m0/s1. The predicted octanol–water partition coefficient (Wildman–Crippen LogP) is 6.97. The Labute approximate surface area is 218 Å². The molecule has 2 aliphatic heterocycles. The quantitative estimate of drug-likeness (QED) is 0.409. The van der Waals surface area contributed by atoms with E-state index in [1.807, 2.05) is 0 Å². The van der Waals surface area contributed by atoms with Crippen molar-refractivity contribution < 1.29 is 0 Å². The summed E-state index contributed by atoms with van der Waals surface area (Å²) in [6.45, 7) is 11.2. The third-order valence-corrected chi connectivity index (χ3v) is 10.1. The second-order valence-corrected chi connectivity index (χ2v) is 12.1. The molecule has 3 aliphatic carbocycles. The van der Waals surface area contributed by atoms with Crippen LogP contribution in [0, 0.1) is 5.41 Å². The van der Waals surface area contributed by atoms with Crippen molar-refractivity contribution in [3.63, 3.8) is 0 Å². The number of hydrogen-bond donors (Lipinski definition) is 2. The van der Waals surface area contributed by atoms with E-state index in [9.17, 15) is 0 Å². The highest BCUT2D eigenvalue weighted by molar-refractivity contribution is 5.89. The van der Waals surface area contributed by atoms with E-state index < -0.39 is 0 Å². The normalized spacial score (nSPS) is 34.0. The molecule has 2 heterocycles. The van der Waals surface area contributed by atoms with Gasteiger partial charge >= 0.3 is 0 Å². The van der Waals surface area contributed by atoms with E-state index in [0.717, 1.165) is 13.1 Å². The van der Waals surface area contributed by atoms with Gasteiger partial charge in [0.25, 0.3) is 0 Å². The molecule has 6 rings (SSSR count). The molecule has 3 saturated carbocycles. The molecule has 1 aromatic rings. The fourth-order valence-electron chi connectivity index (χ4n) is 7.18. The summed E-state index contributed by atoms with van der Waals surface area (Å²) < 4.78 is 0. The fourth-order valence-corrected chi connectivity index (χ4v) is 7.18. The topological polar surface area (TPSA) is 48.8 Å². The van der Waals surface area contributed by atoms with E-state index in [0.29, 0.717) is 22.9 Å². The lowest BCUT2D eigenvalue weighted by atomic mass is 9.50. The molecule has 5 fully saturated rings. The van der Waals surface area contributed by atoms with Crippen molar-refractivity contribution in [2.45, 2.75) is 109 Å². The van der Waals surface area contributed by atoms with Gasteiger partial charge in [0.1, 0.15) is 0 Å². The zero-order chi connectivity index (χ0) is 25.2. The second kappa shape index (κ2) is 10.8. The molecule has 2 N–H and O–H groups in total. The number of nitrogens with one attached hydrogen (secondary N) is 2. The first-order valence-corrected chi connectivity index (χ1v) is 14.4. The third kappa shape index (κ3) is 5.17. The van der Waals surface area contributed by atoms with Crippen LogP contribution < -0.4 is 10.6 Å². The van der Waals surface area contributed by atoms with Crippen LogP contribution in [0.25, 0.3) is 5.57 Å². The smallest absolute Gasteiger partial charge is 0.0452 e. The molecule has 5 aliphatic rings. The van der Waals surface area contributed by atoms with Gasteiger partial charge < -0.3 is 10.6 Å². The van der Waals surface area contributed by atoms with Crippen molar-refractivity contribution in [2.75, 3.05) is 13.1 Å². The summed E-state index contributed by atoms with van der Waals surface area (Å²) in [5.74, 6) is 0. The molecule has 1 aromatic carbocycles. The molecule has 36 heavy (non-hydrogen) atoms. The molecule has 0 amide bonds. The maximum atomic E-state index is 4.92. The lowest BCUT2D eigenvalue weighted by molar-refractivity contribution is 0.0694.